The molecular weight excluding hydrogens is 372 g/mol. The molecule has 1 N–H and O–H groups in total. The summed E-state index contributed by atoms with van der Waals surface area (Å²) >= 11 is 0. The van der Waals surface area contributed by atoms with E-state index in [1.54, 1.807) is 23.9 Å². The Kier molecular flexibility index (Phi) is 3.83. The normalized spacial score (nSPS) is 11.4. The van der Waals surface area contributed by atoms with Crippen molar-refractivity contribution in [1.82, 2.24) is 39.6 Å². The molecule has 0 bridgehead atoms. The zero-order valence-corrected chi connectivity index (χ0v) is 15.7. The number of hydrogen-bond acceptors (Lipinski definition) is 7. The Hall–Kier alpha value is -4.08. The number of methoxy groups -OCH3 is 1. The Labute approximate surface area is 163 Å². The number of aryl methyl sites for hydroxylation is 1. The van der Waals surface area contributed by atoms with Crippen LogP contribution >= 0.6 is 0 Å². The maximum absolute atomic E-state index is 12.9. The second-order valence-corrected chi connectivity index (χ2v) is 6.37. The summed E-state index contributed by atoms with van der Waals surface area (Å²) < 4.78 is 8.26. The molecule has 0 atom stereocenters. The molecule has 10 nitrogen and oxygen atoms in total. The van der Waals surface area contributed by atoms with Gasteiger partial charge in [-0.3, -0.25) is 9.36 Å². The lowest BCUT2D eigenvalue weighted by Crippen LogP contribution is -2.21. The van der Waals surface area contributed by atoms with Gasteiger partial charge in [0.25, 0.3) is 5.56 Å². The number of rotatable bonds is 4. The monoisotopic (exact) mass is 388 g/mol. The van der Waals surface area contributed by atoms with E-state index < -0.39 is 0 Å². The van der Waals surface area contributed by atoms with Crippen LogP contribution in [0.25, 0.3) is 33.8 Å². The van der Waals surface area contributed by atoms with Crippen molar-refractivity contribution >= 4 is 16.7 Å². The number of hydrogen-bond donors (Lipinski definition) is 1. The zero-order chi connectivity index (χ0) is 20.0. The summed E-state index contributed by atoms with van der Waals surface area (Å²) in [5.74, 6) is 1.08. The van der Waals surface area contributed by atoms with Gasteiger partial charge in [0, 0.05) is 6.20 Å². The summed E-state index contributed by atoms with van der Waals surface area (Å²) in [6.07, 6.45) is 3.66. The van der Waals surface area contributed by atoms with Gasteiger partial charge in [0.15, 0.2) is 11.2 Å². The van der Waals surface area contributed by atoms with Crippen molar-refractivity contribution in [1.29, 1.82) is 0 Å². The molecule has 0 unspecified atom stereocenters. The maximum Gasteiger partial charge on any atom is 0.287 e. The molecule has 0 radical (unpaired) electrons. The van der Waals surface area contributed by atoms with Crippen LogP contribution in [0.2, 0.25) is 0 Å². The first-order chi connectivity index (χ1) is 14.2. The molecule has 29 heavy (non-hydrogen) atoms. The smallest absolute Gasteiger partial charge is 0.287 e. The summed E-state index contributed by atoms with van der Waals surface area (Å²) in [6, 6.07) is 9.47. The second-order valence-electron chi connectivity index (χ2n) is 6.37. The van der Waals surface area contributed by atoms with Crippen LogP contribution in [0.4, 0.5) is 0 Å². The maximum atomic E-state index is 12.9. The molecule has 0 saturated heterocycles. The number of pyridine rings is 1. The molecular formula is C19H16N8O2. The quantitative estimate of drug-likeness (QED) is 0.499. The predicted molar refractivity (Wildman–Crippen MR) is 105 cm³/mol. The third-order valence-corrected chi connectivity index (χ3v) is 4.80. The summed E-state index contributed by atoms with van der Waals surface area (Å²) in [7, 11) is 1.63. The number of aromatic amines is 1. The van der Waals surface area contributed by atoms with Gasteiger partial charge in [0.05, 0.1) is 18.4 Å². The number of ether oxygens (including phenoxy) is 1. The van der Waals surface area contributed by atoms with Crippen molar-refractivity contribution < 1.29 is 4.74 Å². The third-order valence-electron chi connectivity index (χ3n) is 4.80. The Balaban J connectivity index is 1.77. The minimum absolute atomic E-state index is 0.197. The Morgan fingerprint density at radius 3 is 2.66 bits per heavy atom. The van der Waals surface area contributed by atoms with Gasteiger partial charge in [0.2, 0.25) is 5.95 Å². The summed E-state index contributed by atoms with van der Waals surface area (Å²) in [6.45, 7) is 2.03. The van der Waals surface area contributed by atoms with Crippen LogP contribution < -0.4 is 10.3 Å². The SMILES string of the molecule is CCc1nn2c(nnc3c(=O)n(-c4ncn[nH]4)ccc32)c1-c1ccc(OC)cc1. The van der Waals surface area contributed by atoms with E-state index in [0.29, 0.717) is 23.5 Å². The van der Waals surface area contributed by atoms with Crippen LogP contribution in [0.15, 0.2) is 47.7 Å². The highest BCUT2D eigenvalue weighted by molar-refractivity contribution is 5.84. The highest BCUT2D eigenvalue weighted by Gasteiger charge is 2.19. The van der Waals surface area contributed by atoms with Gasteiger partial charge in [-0.1, -0.05) is 19.1 Å². The van der Waals surface area contributed by atoms with Gasteiger partial charge in [-0.15, -0.1) is 10.2 Å². The van der Waals surface area contributed by atoms with E-state index in [2.05, 4.69) is 25.4 Å². The van der Waals surface area contributed by atoms with E-state index in [4.69, 9.17) is 9.84 Å². The first kappa shape index (κ1) is 17.0. The van der Waals surface area contributed by atoms with Gasteiger partial charge >= 0.3 is 0 Å². The fourth-order valence-electron chi connectivity index (χ4n) is 3.37. The largest absolute Gasteiger partial charge is 0.497 e. The third kappa shape index (κ3) is 2.57. The van der Waals surface area contributed by atoms with Crippen molar-refractivity contribution in [3.8, 4) is 22.8 Å². The molecule has 4 heterocycles. The van der Waals surface area contributed by atoms with Crippen molar-refractivity contribution in [2.75, 3.05) is 7.11 Å². The number of fused-ring (bicyclic) bond motifs is 3. The molecule has 0 aliphatic heterocycles. The van der Waals surface area contributed by atoms with E-state index in [1.807, 2.05) is 31.2 Å². The van der Waals surface area contributed by atoms with E-state index >= 15 is 0 Å². The first-order valence-corrected chi connectivity index (χ1v) is 9.01. The minimum atomic E-state index is -0.354. The molecule has 0 fully saturated rings. The zero-order valence-electron chi connectivity index (χ0n) is 15.7. The van der Waals surface area contributed by atoms with Crippen LogP contribution in [0.5, 0.6) is 5.75 Å². The summed E-state index contributed by atoms with van der Waals surface area (Å²) in [5.41, 5.74) is 3.74. The Bertz CT molecular complexity index is 1380. The van der Waals surface area contributed by atoms with Gasteiger partial charge in [0.1, 0.15) is 17.6 Å². The van der Waals surface area contributed by atoms with Crippen LogP contribution in [-0.2, 0) is 6.42 Å². The number of H-pyrrole nitrogens is 1. The Morgan fingerprint density at radius 1 is 1.14 bits per heavy atom. The van der Waals surface area contributed by atoms with E-state index in [1.165, 1.54) is 10.9 Å². The van der Waals surface area contributed by atoms with E-state index in [0.717, 1.165) is 22.6 Å². The average Bonchev–Trinajstić information content (AvgIpc) is 3.42. The second kappa shape index (κ2) is 6.51. The van der Waals surface area contributed by atoms with Gasteiger partial charge in [-0.25, -0.2) is 9.61 Å². The summed E-state index contributed by atoms with van der Waals surface area (Å²) in [4.78, 5) is 16.9. The molecule has 0 amide bonds. The average molecular weight is 388 g/mol. The van der Waals surface area contributed by atoms with Crippen LogP contribution in [0, 0.1) is 0 Å². The van der Waals surface area contributed by atoms with Crippen molar-refractivity contribution in [3.05, 3.63) is 58.9 Å². The molecule has 1 aromatic carbocycles. The lowest BCUT2D eigenvalue weighted by Gasteiger charge is -2.05. The fraction of sp³-hybridized carbons (Fsp3) is 0.158. The van der Waals surface area contributed by atoms with Crippen molar-refractivity contribution in [3.63, 3.8) is 0 Å². The van der Waals surface area contributed by atoms with Crippen LogP contribution in [-0.4, -0.2) is 46.7 Å². The molecule has 5 aromatic rings. The lowest BCUT2D eigenvalue weighted by molar-refractivity contribution is 0.415. The molecule has 10 heteroatoms. The number of aromatic nitrogens is 8. The first-order valence-electron chi connectivity index (χ1n) is 9.01. The summed E-state index contributed by atoms with van der Waals surface area (Å²) in [5, 5.41) is 19.7. The highest BCUT2D eigenvalue weighted by atomic mass is 16.5. The van der Waals surface area contributed by atoms with E-state index in [-0.39, 0.29) is 11.1 Å². The molecule has 0 saturated carbocycles. The van der Waals surface area contributed by atoms with Gasteiger partial charge in [-0.05, 0) is 30.2 Å². The fourth-order valence-corrected chi connectivity index (χ4v) is 3.37. The molecule has 144 valence electrons. The van der Waals surface area contributed by atoms with Crippen LogP contribution in [0.1, 0.15) is 12.6 Å². The highest BCUT2D eigenvalue weighted by Crippen LogP contribution is 2.30. The molecule has 4 aromatic heterocycles. The molecule has 0 spiro atoms. The molecule has 0 aliphatic rings. The van der Waals surface area contributed by atoms with Crippen LogP contribution in [0.3, 0.4) is 0 Å². The molecule has 5 rings (SSSR count). The predicted octanol–water partition coefficient (Wildman–Crippen LogP) is 1.78. The Morgan fingerprint density at radius 2 is 1.97 bits per heavy atom. The van der Waals surface area contributed by atoms with Gasteiger partial charge < -0.3 is 4.74 Å². The minimum Gasteiger partial charge on any atom is -0.497 e. The lowest BCUT2D eigenvalue weighted by atomic mass is 10.0. The standard InChI is InChI=1S/C19H16N8O2/c1-3-13-15(11-4-6-12(29-2)7-5-11)17-23-22-16-14(27(17)25-13)8-9-26(18(16)28)19-20-10-21-24-19/h4-10H,3H2,1-2H3,(H,20,21,24). The topological polar surface area (TPSA) is 116 Å². The molecule has 0 aliphatic carbocycles. The van der Waals surface area contributed by atoms with E-state index in [9.17, 15) is 4.79 Å². The van der Waals surface area contributed by atoms with Crippen molar-refractivity contribution in [2.24, 2.45) is 0 Å². The van der Waals surface area contributed by atoms with Crippen molar-refractivity contribution in [2.45, 2.75) is 13.3 Å². The number of benzene rings is 1. The number of nitrogens with one attached hydrogen (secondary N) is 1. The number of nitrogens with zero attached hydrogens (tertiary/aromatic N) is 7. The van der Waals surface area contributed by atoms with Gasteiger partial charge in [-0.2, -0.15) is 15.2 Å².